The van der Waals surface area contributed by atoms with Crippen LogP contribution in [0.2, 0.25) is 0 Å². The molecule has 10 nitrogen and oxygen atoms in total. The number of anilines is 2. The Kier molecular flexibility index (Phi) is 5.22. The van der Waals surface area contributed by atoms with Crippen LogP contribution in [0.5, 0.6) is 0 Å². The Morgan fingerprint density at radius 1 is 1.03 bits per heavy atom. The van der Waals surface area contributed by atoms with Gasteiger partial charge in [0.25, 0.3) is 11.6 Å². The van der Waals surface area contributed by atoms with Gasteiger partial charge in [-0.25, -0.2) is 0 Å². The molecule has 34 heavy (non-hydrogen) atoms. The van der Waals surface area contributed by atoms with Gasteiger partial charge in [-0.15, -0.1) is 0 Å². The fraction of sp³-hybridized carbons (Fsp3) is 0.375. The number of nitrogens with zero attached hydrogens (tertiary/aromatic N) is 5. The normalized spacial score (nSPS) is 22.0. The van der Waals surface area contributed by atoms with Crippen LogP contribution in [0.3, 0.4) is 0 Å². The molecule has 0 saturated carbocycles. The smallest absolute Gasteiger partial charge is 0.269 e. The molecule has 1 unspecified atom stereocenters. The third kappa shape index (κ3) is 3.46. The van der Waals surface area contributed by atoms with E-state index in [4.69, 9.17) is 0 Å². The number of rotatable bonds is 4. The quantitative estimate of drug-likeness (QED) is 0.508. The lowest BCUT2D eigenvalue weighted by Gasteiger charge is -2.49. The summed E-state index contributed by atoms with van der Waals surface area (Å²) in [5.41, 5.74) is 1.09. The summed E-state index contributed by atoms with van der Waals surface area (Å²) >= 11 is 0. The predicted octanol–water partition coefficient (Wildman–Crippen LogP) is 2.24. The maximum atomic E-state index is 13.4. The number of non-ortho nitro benzene ring substituents is 1. The van der Waals surface area contributed by atoms with Gasteiger partial charge >= 0.3 is 0 Å². The number of para-hydroxylation sites is 1. The number of benzene rings is 2. The van der Waals surface area contributed by atoms with Gasteiger partial charge < -0.3 is 14.7 Å². The van der Waals surface area contributed by atoms with E-state index in [9.17, 15) is 24.5 Å². The first kappa shape index (κ1) is 21.9. The van der Waals surface area contributed by atoms with Crippen LogP contribution in [0.25, 0.3) is 0 Å². The van der Waals surface area contributed by atoms with Gasteiger partial charge in [-0.3, -0.25) is 29.4 Å². The van der Waals surface area contributed by atoms with Crippen LogP contribution in [0.4, 0.5) is 17.1 Å². The van der Waals surface area contributed by atoms with Gasteiger partial charge in [0, 0.05) is 50.4 Å². The zero-order valence-electron chi connectivity index (χ0n) is 18.8. The van der Waals surface area contributed by atoms with E-state index >= 15 is 0 Å². The summed E-state index contributed by atoms with van der Waals surface area (Å²) in [5.74, 6) is -0.435. The van der Waals surface area contributed by atoms with Crippen molar-refractivity contribution in [2.45, 2.75) is 25.4 Å². The number of piperazine rings is 1. The highest BCUT2D eigenvalue weighted by atomic mass is 16.6. The molecule has 2 aromatic carbocycles. The van der Waals surface area contributed by atoms with Crippen LogP contribution in [-0.2, 0) is 9.59 Å². The highest BCUT2D eigenvalue weighted by Crippen LogP contribution is 2.43. The number of carbonyl (C=O) groups excluding carboxylic acids is 3. The van der Waals surface area contributed by atoms with Crippen molar-refractivity contribution >= 4 is 34.8 Å². The van der Waals surface area contributed by atoms with Gasteiger partial charge in [0.05, 0.1) is 16.2 Å². The lowest BCUT2D eigenvalue weighted by Crippen LogP contribution is -2.64. The van der Waals surface area contributed by atoms with Crippen molar-refractivity contribution < 1.29 is 19.3 Å². The first-order valence-electron chi connectivity index (χ1n) is 11.3. The molecule has 0 N–H and O–H groups in total. The van der Waals surface area contributed by atoms with E-state index in [0.29, 0.717) is 50.3 Å². The third-order valence-corrected chi connectivity index (χ3v) is 7.10. The molecule has 3 heterocycles. The summed E-state index contributed by atoms with van der Waals surface area (Å²) in [6.45, 7) is 3.89. The minimum atomic E-state index is -0.862. The van der Waals surface area contributed by atoms with Crippen molar-refractivity contribution in [1.82, 2.24) is 9.80 Å². The van der Waals surface area contributed by atoms with E-state index in [2.05, 4.69) is 4.90 Å². The molecule has 0 aromatic heterocycles. The maximum Gasteiger partial charge on any atom is 0.269 e. The van der Waals surface area contributed by atoms with Crippen LogP contribution in [0.15, 0.2) is 48.5 Å². The van der Waals surface area contributed by atoms with Crippen LogP contribution in [-0.4, -0.2) is 70.8 Å². The minimum absolute atomic E-state index is 0.0401. The topological polar surface area (TPSA) is 107 Å². The van der Waals surface area contributed by atoms with Crippen molar-refractivity contribution in [3.63, 3.8) is 0 Å². The average Bonchev–Trinajstić information content (AvgIpc) is 3.17. The minimum Gasteiger partial charge on any atom is -0.368 e. The zero-order chi connectivity index (χ0) is 24.0. The third-order valence-electron chi connectivity index (χ3n) is 7.10. The molecular formula is C24H25N5O5. The van der Waals surface area contributed by atoms with Crippen LogP contribution >= 0.6 is 0 Å². The molecular weight excluding hydrogens is 438 g/mol. The number of hydrogen-bond acceptors (Lipinski definition) is 6. The van der Waals surface area contributed by atoms with Gasteiger partial charge in [0.2, 0.25) is 11.8 Å². The maximum absolute atomic E-state index is 13.4. The van der Waals surface area contributed by atoms with E-state index < -0.39 is 10.6 Å². The molecule has 2 saturated heterocycles. The molecule has 3 aliphatic rings. The summed E-state index contributed by atoms with van der Waals surface area (Å²) in [6, 6.07) is 13.4. The molecule has 0 radical (unpaired) electrons. The highest BCUT2D eigenvalue weighted by molar-refractivity contribution is 6.11. The SMILES string of the molecule is CC12CCC(=O)N1c1ccccc1C(=O)N2CC(=O)N1CCN(c2ccc([N+](=O)[O-])cc2)CC1. The lowest BCUT2D eigenvalue weighted by atomic mass is 9.98. The Morgan fingerprint density at radius 3 is 2.38 bits per heavy atom. The van der Waals surface area contributed by atoms with Crippen molar-refractivity contribution in [2.75, 3.05) is 42.5 Å². The van der Waals surface area contributed by atoms with Crippen molar-refractivity contribution in [3.8, 4) is 0 Å². The monoisotopic (exact) mass is 463 g/mol. The number of carbonyl (C=O) groups is 3. The number of fused-ring (bicyclic) bond motifs is 3. The Hall–Kier alpha value is -3.95. The lowest BCUT2D eigenvalue weighted by molar-refractivity contribution is -0.384. The fourth-order valence-corrected chi connectivity index (χ4v) is 5.18. The predicted molar refractivity (Wildman–Crippen MR) is 124 cm³/mol. The first-order valence-corrected chi connectivity index (χ1v) is 11.3. The fourth-order valence-electron chi connectivity index (χ4n) is 5.18. The van der Waals surface area contributed by atoms with E-state index in [1.54, 1.807) is 45.0 Å². The first-order chi connectivity index (χ1) is 16.3. The largest absolute Gasteiger partial charge is 0.368 e. The molecule has 2 aromatic rings. The van der Waals surface area contributed by atoms with E-state index in [0.717, 1.165) is 5.69 Å². The number of hydrogen-bond donors (Lipinski definition) is 0. The molecule has 3 aliphatic heterocycles. The summed E-state index contributed by atoms with van der Waals surface area (Å²) in [6.07, 6.45) is 0.809. The Bertz CT molecular complexity index is 1170. The van der Waals surface area contributed by atoms with Crippen LogP contribution in [0.1, 0.15) is 30.1 Å². The molecule has 0 bridgehead atoms. The average molecular weight is 463 g/mol. The zero-order valence-corrected chi connectivity index (χ0v) is 18.8. The summed E-state index contributed by atoms with van der Waals surface area (Å²) < 4.78 is 0. The standard InChI is InChI=1S/C24H25N5O5/c1-24-11-10-21(30)28(24)20-5-3-2-4-19(20)23(32)27(24)16-22(31)26-14-12-25(13-15-26)17-6-8-18(9-7-17)29(33)34/h2-9H,10-16H2,1H3. The van der Waals surface area contributed by atoms with Gasteiger partial charge in [0.1, 0.15) is 12.2 Å². The van der Waals surface area contributed by atoms with E-state index in [-0.39, 0.29) is 30.0 Å². The highest BCUT2D eigenvalue weighted by Gasteiger charge is 2.53. The summed E-state index contributed by atoms with van der Waals surface area (Å²) in [5, 5.41) is 10.9. The molecule has 5 rings (SSSR count). The Balaban J connectivity index is 1.29. The Labute approximate surface area is 196 Å². The van der Waals surface area contributed by atoms with Crippen molar-refractivity contribution in [2.24, 2.45) is 0 Å². The summed E-state index contributed by atoms with van der Waals surface area (Å²) in [7, 11) is 0. The second-order valence-corrected chi connectivity index (χ2v) is 9.00. The molecule has 3 amide bonds. The molecule has 0 spiro atoms. The molecule has 2 fully saturated rings. The van der Waals surface area contributed by atoms with Gasteiger partial charge in [0.15, 0.2) is 0 Å². The molecule has 1 atom stereocenters. The molecule has 0 aliphatic carbocycles. The molecule has 176 valence electrons. The van der Waals surface area contributed by atoms with Gasteiger partial charge in [-0.1, -0.05) is 12.1 Å². The second kappa shape index (κ2) is 8.12. The van der Waals surface area contributed by atoms with Crippen LogP contribution < -0.4 is 9.80 Å². The number of amides is 3. The van der Waals surface area contributed by atoms with Crippen molar-refractivity contribution in [1.29, 1.82) is 0 Å². The number of nitro groups is 1. The Morgan fingerprint density at radius 2 is 1.71 bits per heavy atom. The van der Waals surface area contributed by atoms with Gasteiger partial charge in [-0.05, 0) is 37.6 Å². The number of nitro benzene ring substituents is 1. The van der Waals surface area contributed by atoms with Crippen molar-refractivity contribution in [3.05, 3.63) is 64.2 Å². The van der Waals surface area contributed by atoms with E-state index in [1.165, 1.54) is 12.1 Å². The van der Waals surface area contributed by atoms with E-state index in [1.807, 2.05) is 13.0 Å². The molecule has 10 heteroatoms. The second-order valence-electron chi connectivity index (χ2n) is 9.00. The summed E-state index contributed by atoms with van der Waals surface area (Å²) in [4.78, 5) is 56.8. The van der Waals surface area contributed by atoms with Crippen LogP contribution in [0, 0.1) is 10.1 Å². The van der Waals surface area contributed by atoms with Gasteiger partial charge in [-0.2, -0.15) is 0 Å².